The molecular formula is C15H21N3O3. The normalized spacial score (nSPS) is 13.8. The van der Waals surface area contributed by atoms with Gasteiger partial charge in [-0.1, -0.05) is 12.1 Å². The number of carbonyl (C=O) groups excluding carboxylic acids is 2. The SMILES string of the molecule is NCCOCC(=O)NCc1ccc(NC(=O)C2CC2)cc1. The third kappa shape index (κ3) is 5.53. The lowest BCUT2D eigenvalue weighted by molar-refractivity contribution is -0.125. The van der Waals surface area contributed by atoms with Crippen LogP contribution in [0.5, 0.6) is 0 Å². The highest BCUT2D eigenvalue weighted by atomic mass is 16.5. The molecule has 1 aliphatic carbocycles. The van der Waals surface area contributed by atoms with E-state index in [1.807, 2.05) is 24.3 Å². The fourth-order valence-corrected chi connectivity index (χ4v) is 1.80. The van der Waals surface area contributed by atoms with E-state index in [1.54, 1.807) is 0 Å². The monoisotopic (exact) mass is 291 g/mol. The van der Waals surface area contributed by atoms with Crippen LogP contribution in [-0.4, -0.2) is 31.6 Å². The summed E-state index contributed by atoms with van der Waals surface area (Å²) in [6.45, 7) is 1.23. The van der Waals surface area contributed by atoms with Gasteiger partial charge in [-0.3, -0.25) is 9.59 Å². The molecule has 0 aromatic heterocycles. The third-order valence-electron chi connectivity index (χ3n) is 3.15. The summed E-state index contributed by atoms with van der Waals surface area (Å²) in [5, 5.41) is 5.63. The number of nitrogens with one attached hydrogen (secondary N) is 2. The zero-order valence-electron chi connectivity index (χ0n) is 11.9. The molecule has 0 spiro atoms. The lowest BCUT2D eigenvalue weighted by Crippen LogP contribution is -2.28. The molecule has 0 unspecified atom stereocenters. The maximum Gasteiger partial charge on any atom is 0.246 e. The first-order valence-corrected chi connectivity index (χ1v) is 7.13. The number of nitrogens with two attached hydrogens (primary N) is 1. The number of hydrogen-bond donors (Lipinski definition) is 3. The highest BCUT2D eigenvalue weighted by Crippen LogP contribution is 2.30. The van der Waals surface area contributed by atoms with Crippen molar-refractivity contribution in [3.8, 4) is 0 Å². The van der Waals surface area contributed by atoms with Crippen molar-refractivity contribution in [2.75, 3.05) is 25.1 Å². The van der Waals surface area contributed by atoms with Gasteiger partial charge >= 0.3 is 0 Å². The van der Waals surface area contributed by atoms with Crippen LogP contribution in [0.3, 0.4) is 0 Å². The van der Waals surface area contributed by atoms with Gasteiger partial charge in [-0.25, -0.2) is 0 Å². The summed E-state index contributed by atoms with van der Waals surface area (Å²) >= 11 is 0. The van der Waals surface area contributed by atoms with Gasteiger partial charge in [-0.05, 0) is 30.5 Å². The number of amides is 2. The minimum Gasteiger partial charge on any atom is -0.370 e. The van der Waals surface area contributed by atoms with Crippen molar-refractivity contribution in [1.29, 1.82) is 0 Å². The van der Waals surface area contributed by atoms with Crippen molar-refractivity contribution < 1.29 is 14.3 Å². The summed E-state index contributed by atoms with van der Waals surface area (Å²) < 4.78 is 5.04. The Morgan fingerprint density at radius 2 is 1.95 bits per heavy atom. The van der Waals surface area contributed by atoms with Gasteiger partial charge in [0.25, 0.3) is 0 Å². The van der Waals surface area contributed by atoms with Gasteiger partial charge in [0.15, 0.2) is 0 Å². The molecule has 1 fully saturated rings. The second-order valence-electron chi connectivity index (χ2n) is 5.08. The standard InChI is InChI=1S/C15H21N3O3/c16-7-8-21-10-14(19)17-9-11-1-5-13(6-2-11)18-15(20)12-3-4-12/h1-2,5-6,12H,3-4,7-10,16H2,(H,17,19)(H,18,20). The number of hydrogen-bond acceptors (Lipinski definition) is 4. The average Bonchev–Trinajstić information content (AvgIpc) is 3.31. The smallest absolute Gasteiger partial charge is 0.246 e. The lowest BCUT2D eigenvalue weighted by Gasteiger charge is -2.08. The molecule has 0 radical (unpaired) electrons. The van der Waals surface area contributed by atoms with Crippen LogP contribution in [-0.2, 0) is 20.9 Å². The van der Waals surface area contributed by atoms with Crippen molar-refractivity contribution in [2.45, 2.75) is 19.4 Å². The van der Waals surface area contributed by atoms with Crippen LogP contribution in [0.25, 0.3) is 0 Å². The van der Waals surface area contributed by atoms with Gasteiger partial charge in [0, 0.05) is 24.7 Å². The van der Waals surface area contributed by atoms with Crippen LogP contribution in [0, 0.1) is 5.92 Å². The summed E-state index contributed by atoms with van der Waals surface area (Å²) in [5.74, 6) is 0.111. The predicted octanol–water partition coefficient (Wildman–Crippen LogP) is 0.627. The predicted molar refractivity (Wildman–Crippen MR) is 79.5 cm³/mol. The maximum absolute atomic E-state index is 11.6. The van der Waals surface area contributed by atoms with E-state index in [9.17, 15) is 9.59 Å². The maximum atomic E-state index is 11.6. The molecule has 1 aromatic carbocycles. The van der Waals surface area contributed by atoms with Gasteiger partial charge in [0.1, 0.15) is 6.61 Å². The van der Waals surface area contributed by atoms with Crippen molar-refractivity contribution in [3.05, 3.63) is 29.8 Å². The second-order valence-corrected chi connectivity index (χ2v) is 5.08. The largest absolute Gasteiger partial charge is 0.370 e. The minimum absolute atomic E-state index is 0.0206. The minimum atomic E-state index is -0.172. The molecule has 21 heavy (non-hydrogen) atoms. The van der Waals surface area contributed by atoms with Crippen LogP contribution in [0.1, 0.15) is 18.4 Å². The first-order chi connectivity index (χ1) is 10.2. The topological polar surface area (TPSA) is 93.4 Å². The Labute approximate surface area is 124 Å². The molecule has 1 aromatic rings. The number of rotatable bonds is 8. The second kappa shape index (κ2) is 7.75. The van der Waals surface area contributed by atoms with Crippen molar-refractivity contribution in [1.82, 2.24) is 5.32 Å². The Kier molecular flexibility index (Phi) is 5.71. The van der Waals surface area contributed by atoms with Crippen LogP contribution in [0.4, 0.5) is 5.69 Å². The van der Waals surface area contributed by atoms with E-state index < -0.39 is 0 Å². The summed E-state index contributed by atoms with van der Waals surface area (Å²) in [4.78, 5) is 23.1. The van der Waals surface area contributed by atoms with E-state index in [-0.39, 0.29) is 24.3 Å². The molecule has 6 heteroatoms. The molecule has 0 heterocycles. The van der Waals surface area contributed by atoms with Gasteiger partial charge in [-0.15, -0.1) is 0 Å². The fraction of sp³-hybridized carbons (Fsp3) is 0.467. The molecule has 2 rings (SSSR count). The third-order valence-corrected chi connectivity index (χ3v) is 3.15. The molecule has 2 amide bonds. The summed E-state index contributed by atoms with van der Waals surface area (Å²) in [7, 11) is 0. The highest BCUT2D eigenvalue weighted by Gasteiger charge is 2.29. The molecule has 0 aliphatic heterocycles. The van der Waals surface area contributed by atoms with E-state index in [2.05, 4.69) is 10.6 Å². The first-order valence-electron chi connectivity index (χ1n) is 7.13. The van der Waals surface area contributed by atoms with E-state index in [4.69, 9.17) is 10.5 Å². The number of benzene rings is 1. The van der Waals surface area contributed by atoms with Crippen molar-refractivity contribution >= 4 is 17.5 Å². The Bertz CT molecular complexity index is 483. The van der Waals surface area contributed by atoms with Gasteiger partial charge in [-0.2, -0.15) is 0 Å². The van der Waals surface area contributed by atoms with Gasteiger partial charge in [0.05, 0.1) is 6.61 Å². The Morgan fingerprint density at radius 3 is 2.57 bits per heavy atom. The molecule has 114 valence electrons. The molecule has 0 bridgehead atoms. The Hall–Kier alpha value is -1.92. The van der Waals surface area contributed by atoms with Crippen LogP contribution >= 0.6 is 0 Å². The Balaban J connectivity index is 1.71. The number of anilines is 1. The van der Waals surface area contributed by atoms with Crippen molar-refractivity contribution in [3.63, 3.8) is 0 Å². The van der Waals surface area contributed by atoms with Crippen LogP contribution in [0.15, 0.2) is 24.3 Å². The molecular weight excluding hydrogens is 270 g/mol. The Morgan fingerprint density at radius 1 is 1.24 bits per heavy atom. The van der Waals surface area contributed by atoms with Crippen LogP contribution in [0.2, 0.25) is 0 Å². The molecule has 1 saturated carbocycles. The average molecular weight is 291 g/mol. The molecule has 0 saturated heterocycles. The quantitative estimate of drug-likeness (QED) is 0.612. The fourth-order valence-electron chi connectivity index (χ4n) is 1.80. The zero-order chi connectivity index (χ0) is 15.1. The number of carbonyl (C=O) groups is 2. The number of ether oxygens (including phenoxy) is 1. The summed E-state index contributed by atoms with van der Waals surface area (Å²) in [6.07, 6.45) is 1.98. The van der Waals surface area contributed by atoms with Crippen LogP contribution < -0.4 is 16.4 Å². The van der Waals surface area contributed by atoms with E-state index in [0.717, 1.165) is 24.1 Å². The van der Waals surface area contributed by atoms with E-state index in [1.165, 1.54) is 0 Å². The lowest BCUT2D eigenvalue weighted by atomic mass is 10.2. The van der Waals surface area contributed by atoms with E-state index in [0.29, 0.717) is 19.7 Å². The first kappa shape index (κ1) is 15.5. The van der Waals surface area contributed by atoms with Crippen molar-refractivity contribution in [2.24, 2.45) is 11.7 Å². The van der Waals surface area contributed by atoms with Gasteiger partial charge in [0.2, 0.25) is 11.8 Å². The van der Waals surface area contributed by atoms with E-state index >= 15 is 0 Å². The van der Waals surface area contributed by atoms with Gasteiger partial charge < -0.3 is 21.1 Å². The summed E-state index contributed by atoms with van der Waals surface area (Å²) in [6, 6.07) is 7.44. The molecule has 0 atom stereocenters. The molecule has 1 aliphatic rings. The highest BCUT2D eigenvalue weighted by molar-refractivity contribution is 5.94. The summed E-state index contributed by atoms with van der Waals surface area (Å²) in [5.41, 5.74) is 7.01. The zero-order valence-corrected chi connectivity index (χ0v) is 11.9. The molecule has 6 nitrogen and oxygen atoms in total. The molecule has 4 N–H and O–H groups in total.